The average Bonchev–Trinajstić information content (AvgIpc) is 2.26. The molecule has 0 atom stereocenters. The Morgan fingerprint density at radius 2 is 2.05 bits per heavy atom. The number of rotatable bonds is 5. The Balaban J connectivity index is 2.97. The Labute approximate surface area is 118 Å². The van der Waals surface area contributed by atoms with E-state index < -0.39 is 10.0 Å². The Morgan fingerprint density at radius 1 is 1.42 bits per heavy atom. The van der Waals surface area contributed by atoms with Crippen LogP contribution in [0.15, 0.2) is 18.2 Å². The summed E-state index contributed by atoms with van der Waals surface area (Å²) in [5.41, 5.74) is 1.36. The number of anilines is 1. The SMILES string of the molecule is CC(=O)NCCN(c1ccc(C)c(Cl)c1)S(C)(=O)=O. The molecule has 1 rings (SSSR count). The number of carbonyl (C=O) groups is 1. The Kier molecular flexibility index (Phi) is 5.20. The van der Waals surface area contributed by atoms with Crippen molar-refractivity contribution in [3.8, 4) is 0 Å². The molecule has 7 heteroatoms. The van der Waals surface area contributed by atoms with Gasteiger partial charge in [-0.3, -0.25) is 9.10 Å². The second kappa shape index (κ2) is 6.25. The van der Waals surface area contributed by atoms with Crippen molar-refractivity contribution in [2.75, 3.05) is 23.7 Å². The maximum absolute atomic E-state index is 11.8. The summed E-state index contributed by atoms with van der Waals surface area (Å²) in [7, 11) is -3.42. The zero-order valence-electron chi connectivity index (χ0n) is 11.1. The van der Waals surface area contributed by atoms with Gasteiger partial charge >= 0.3 is 0 Å². The number of carbonyl (C=O) groups excluding carboxylic acids is 1. The van der Waals surface area contributed by atoms with Gasteiger partial charge in [-0.15, -0.1) is 0 Å². The van der Waals surface area contributed by atoms with Gasteiger partial charge in [0.2, 0.25) is 15.9 Å². The lowest BCUT2D eigenvalue weighted by molar-refractivity contribution is -0.118. The standard InChI is InChI=1S/C12H17ClN2O3S/c1-9-4-5-11(8-12(9)13)15(19(3,17)18)7-6-14-10(2)16/h4-5,8H,6-7H2,1-3H3,(H,14,16). The van der Waals surface area contributed by atoms with E-state index >= 15 is 0 Å². The summed E-state index contributed by atoms with van der Waals surface area (Å²) in [6.07, 6.45) is 1.12. The smallest absolute Gasteiger partial charge is 0.232 e. The summed E-state index contributed by atoms with van der Waals surface area (Å²) >= 11 is 6.00. The lowest BCUT2D eigenvalue weighted by Gasteiger charge is -2.23. The number of hydrogen-bond acceptors (Lipinski definition) is 3. The number of aryl methyl sites for hydroxylation is 1. The zero-order chi connectivity index (χ0) is 14.6. The molecule has 0 aromatic heterocycles. The lowest BCUT2D eigenvalue weighted by Crippen LogP contribution is -2.37. The summed E-state index contributed by atoms with van der Waals surface area (Å²) < 4.78 is 24.8. The summed E-state index contributed by atoms with van der Waals surface area (Å²) in [4.78, 5) is 10.8. The van der Waals surface area contributed by atoms with E-state index in [-0.39, 0.29) is 19.0 Å². The van der Waals surface area contributed by atoms with Crippen LogP contribution in [0.1, 0.15) is 12.5 Å². The van der Waals surface area contributed by atoms with Crippen LogP contribution in [0.25, 0.3) is 0 Å². The highest BCUT2D eigenvalue weighted by Crippen LogP contribution is 2.24. The molecule has 0 aliphatic carbocycles. The van der Waals surface area contributed by atoms with E-state index in [1.807, 2.05) is 6.92 Å². The Hall–Kier alpha value is -1.27. The predicted octanol–water partition coefficient (Wildman–Crippen LogP) is 1.55. The Bertz CT molecular complexity index is 572. The van der Waals surface area contributed by atoms with Crippen molar-refractivity contribution in [2.45, 2.75) is 13.8 Å². The second-order valence-corrected chi connectivity index (χ2v) is 6.57. The van der Waals surface area contributed by atoms with Crippen molar-refractivity contribution in [3.63, 3.8) is 0 Å². The van der Waals surface area contributed by atoms with E-state index in [1.54, 1.807) is 18.2 Å². The molecule has 1 amide bonds. The van der Waals surface area contributed by atoms with Crippen LogP contribution in [0.4, 0.5) is 5.69 Å². The van der Waals surface area contributed by atoms with Crippen LogP contribution in [0.3, 0.4) is 0 Å². The van der Waals surface area contributed by atoms with Gasteiger partial charge in [0.15, 0.2) is 0 Å². The van der Waals surface area contributed by atoms with E-state index in [4.69, 9.17) is 11.6 Å². The average molecular weight is 305 g/mol. The third-order valence-electron chi connectivity index (χ3n) is 2.53. The molecule has 0 bridgehead atoms. The summed E-state index contributed by atoms with van der Waals surface area (Å²) in [5.74, 6) is -0.199. The number of nitrogens with zero attached hydrogens (tertiary/aromatic N) is 1. The molecule has 0 heterocycles. The van der Waals surface area contributed by atoms with E-state index in [0.29, 0.717) is 10.7 Å². The highest BCUT2D eigenvalue weighted by molar-refractivity contribution is 7.92. The minimum absolute atomic E-state index is 0.164. The zero-order valence-corrected chi connectivity index (χ0v) is 12.7. The topological polar surface area (TPSA) is 66.5 Å². The molecular weight excluding hydrogens is 288 g/mol. The van der Waals surface area contributed by atoms with Gasteiger partial charge in [0.1, 0.15) is 0 Å². The monoisotopic (exact) mass is 304 g/mol. The number of halogens is 1. The van der Waals surface area contributed by atoms with E-state index in [9.17, 15) is 13.2 Å². The summed E-state index contributed by atoms with van der Waals surface area (Å²) in [6.45, 7) is 3.63. The molecule has 0 saturated carbocycles. The number of amides is 1. The fourth-order valence-corrected chi connectivity index (χ4v) is 2.65. The van der Waals surface area contributed by atoms with Crippen LogP contribution in [0, 0.1) is 6.92 Å². The van der Waals surface area contributed by atoms with E-state index in [1.165, 1.54) is 11.2 Å². The van der Waals surface area contributed by atoms with E-state index in [0.717, 1.165) is 11.8 Å². The lowest BCUT2D eigenvalue weighted by atomic mass is 10.2. The quantitative estimate of drug-likeness (QED) is 0.897. The van der Waals surface area contributed by atoms with Gasteiger partial charge < -0.3 is 5.32 Å². The minimum atomic E-state index is -3.42. The van der Waals surface area contributed by atoms with Gasteiger partial charge in [0.05, 0.1) is 18.5 Å². The van der Waals surface area contributed by atoms with Crippen molar-refractivity contribution in [1.82, 2.24) is 5.32 Å². The molecule has 0 spiro atoms. The highest BCUT2D eigenvalue weighted by atomic mass is 35.5. The molecule has 0 radical (unpaired) electrons. The van der Waals surface area contributed by atoms with Crippen LogP contribution in [0.2, 0.25) is 5.02 Å². The normalized spacial score (nSPS) is 11.2. The fraction of sp³-hybridized carbons (Fsp3) is 0.417. The molecule has 0 aliphatic rings. The molecule has 5 nitrogen and oxygen atoms in total. The molecule has 1 N–H and O–H groups in total. The van der Waals surface area contributed by atoms with Crippen molar-refractivity contribution >= 4 is 33.2 Å². The summed E-state index contributed by atoms with van der Waals surface area (Å²) in [6, 6.07) is 5.05. The van der Waals surface area contributed by atoms with Gasteiger partial charge in [0.25, 0.3) is 0 Å². The van der Waals surface area contributed by atoms with Crippen LogP contribution >= 0.6 is 11.6 Å². The van der Waals surface area contributed by atoms with Crippen LogP contribution in [0.5, 0.6) is 0 Å². The maximum Gasteiger partial charge on any atom is 0.232 e. The molecule has 1 aromatic rings. The first-order valence-corrected chi connectivity index (χ1v) is 7.92. The molecule has 1 aromatic carbocycles. The van der Waals surface area contributed by atoms with Crippen molar-refractivity contribution in [2.24, 2.45) is 0 Å². The van der Waals surface area contributed by atoms with Crippen LogP contribution in [-0.4, -0.2) is 33.7 Å². The molecule has 0 saturated heterocycles. The number of sulfonamides is 1. The van der Waals surface area contributed by atoms with Crippen LogP contribution in [-0.2, 0) is 14.8 Å². The van der Waals surface area contributed by atoms with Gasteiger partial charge in [-0.2, -0.15) is 0 Å². The summed E-state index contributed by atoms with van der Waals surface area (Å²) in [5, 5.41) is 3.07. The van der Waals surface area contributed by atoms with Gasteiger partial charge in [-0.25, -0.2) is 8.42 Å². The second-order valence-electron chi connectivity index (χ2n) is 4.25. The van der Waals surface area contributed by atoms with Crippen molar-refractivity contribution in [1.29, 1.82) is 0 Å². The van der Waals surface area contributed by atoms with Gasteiger partial charge in [-0.1, -0.05) is 17.7 Å². The van der Waals surface area contributed by atoms with Gasteiger partial charge in [0, 0.05) is 18.5 Å². The van der Waals surface area contributed by atoms with E-state index in [2.05, 4.69) is 5.32 Å². The van der Waals surface area contributed by atoms with Crippen molar-refractivity contribution < 1.29 is 13.2 Å². The minimum Gasteiger partial charge on any atom is -0.355 e. The third kappa shape index (κ3) is 4.72. The first-order valence-electron chi connectivity index (χ1n) is 5.70. The highest BCUT2D eigenvalue weighted by Gasteiger charge is 2.17. The first-order chi connectivity index (χ1) is 8.71. The third-order valence-corrected chi connectivity index (χ3v) is 4.13. The first kappa shape index (κ1) is 15.8. The predicted molar refractivity (Wildman–Crippen MR) is 77.1 cm³/mol. The molecule has 0 fully saturated rings. The maximum atomic E-state index is 11.8. The number of nitrogens with one attached hydrogen (secondary N) is 1. The molecule has 19 heavy (non-hydrogen) atoms. The molecule has 0 aliphatic heterocycles. The molecule has 0 unspecified atom stereocenters. The number of benzene rings is 1. The fourth-order valence-electron chi connectivity index (χ4n) is 1.56. The van der Waals surface area contributed by atoms with Crippen LogP contribution < -0.4 is 9.62 Å². The van der Waals surface area contributed by atoms with Crippen molar-refractivity contribution in [3.05, 3.63) is 28.8 Å². The van der Waals surface area contributed by atoms with Gasteiger partial charge in [-0.05, 0) is 24.6 Å². The largest absolute Gasteiger partial charge is 0.355 e. The number of hydrogen-bond donors (Lipinski definition) is 1. The molecular formula is C12H17ClN2O3S. The Morgan fingerprint density at radius 3 is 2.53 bits per heavy atom. The molecule has 106 valence electrons.